The van der Waals surface area contributed by atoms with Gasteiger partial charge in [-0.1, -0.05) is 19.4 Å². The standard InChI is InChI=1S/C23H31F3N4O3/c1-4-5-12-30(22(32)27-19-9-6-8-18(15-19)23(24,25)26)17-21(31)29(13-14-33-3)16-20-10-7-11-28(20)2/h6-11,15H,4-5,12-14,16-17H2,1-3H3,(H,27,32). The molecule has 0 radical (unpaired) electrons. The van der Waals surface area contributed by atoms with Gasteiger partial charge in [0.05, 0.1) is 18.7 Å². The number of amides is 3. The van der Waals surface area contributed by atoms with E-state index in [-0.39, 0.29) is 18.1 Å². The third kappa shape index (κ3) is 8.12. The number of carbonyl (C=O) groups is 2. The first-order valence-corrected chi connectivity index (χ1v) is 10.8. The third-order valence-corrected chi connectivity index (χ3v) is 5.16. The van der Waals surface area contributed by atoms with E-state index in [4.69, 9.17) is 4.74 Å². The molecule has 0 unspecified atom stereocenters. The van der Waals surface area contributed by atoms with Crippen molar-refractivity contribution >= 4 is 17.6 Å². The Morgan fingerprint density at radius 3 is 2.48 bits per heavy atom. The minimum absolute atomic E-state index is 0.0174. The van der Waals surface area contributed by atoms with Crippen LogP contribution >= 0.6 is 0 Å². The van der Waals surface area contributed by atoms with Crippen LogP contribution in [0.5, 0.6) is 0 Å². The molecule has 0 fully saturated rings. The van der Waals surface area contributed by atoms with Crippen LogP contribution in [0.15, 0.2) is 42.6 Å². The molecule has 182 valence electrons. The molecule has 3 amide bonds. The molecule has 0 aliphatic carbocycles. The van der Waals surface area contributed by atoms with Gasteiger partial charge in [0.25, 0.3) is 0 Å². The lowest BCUT2D eigenvalue weighted by Crippen LogP contribution is -2.45. The second-order valence-electron chi connectivity index (χ2n) is 7.70. The van der Waals surface area contributed by atoms with Crippen LogP contribution in [0, 0.1) is 0 Å². The molecule has 1 heterocycles. The van der Waals surface area contributed by atoms with Crippen molar-refractivity contribution in [3.63, 3.8) is 0 Å². The summed E-state index contributed by atoms with van der Waals surface area (Å²) in [5.74, 6) is -0.274. The summed E-state index contributed by atoms with van der Waals surface area (Å²) in [5, 5.41) is 2.49. The number of rotatable bonds is 11. The normalized spacial score (nSPS) is 11.3. The maximum absolute atomic E-state index is 13.1. The van der Waals surface area contributed by atoms with Gasteiger partial charge in [-0.3, -0.25) is 4.79 Å². The molecule has 1 aromatic carbocycles. The van der Waals surface area contributed by atoms with Crippen molar-refractivity contribution < 1.29 is 27.5 Å². The molecular weight excluding hydrogens is 437 g/mol. The number of aromatic nitrogens is 1. The van der Waals surface area contributed by atoms with E-state index in [2.05, 4.69) is 5.32 Å². The molecule has 0 bridgehead atoms. The number of nitrogens with one attached hydrogen (secondary N) is 1. The van der Waals surface area contributed by atoms with E-state index < -0.39 is 17.8 Å². The van der Waals surface area contributed by atoms with Gasteiger partial charge in [-0.25, -0.2) is 4.79 Å². The van der Waals surface area contributed by atoms with Gasteiger partial charge in [-0.15, -0.1) is 0 Å². The van der Waals surface area contributed by atoms with Crippen molar-refractivity contribution in [3.05, 3.63) is 53.9 Å². The molecule has 7 nitrogen and oxygen atoms in total. The monoisotopic (exact) mass is 468 g/mol. The van der Waals surface area contributed by atoms with E-state index >= 15 is 0 Å². The molecule has 1 aromatic heterocycles. The van der Waals surface area contributed by atoms with Crippen molar-refractivity contribution in [1.82, 2.24) is 14.4 Å². The Bertz CT molecular complexity index is 914. The van der Waals surface area contributed by atoms with Gasteiger partial charge in [0.15, 0.2) is 0 Å². The fourth-order valence-corrected chi connectivity index (χ4v) is 3.19. The molecular formula is C23H31F3N4O3. The maximum atomic E-state index is 13.1. The number of unbranched alkanes of at least 4 members (excludes halogenated alkanes) is 1. The third-order valence-electron chi connectivity index (χ3n) is 5.16. The molecule has 0 saturated carbocycles. The van der Waals surface area contributed by atoms with Crippen molar-refractivity contribution in [2.24, 2.45) is 7.05 Å². The molecule has 2 rings (SSSR count). The van der Waals surface area contributed by atoms with Crippen molar-refractivity contribution in [2.45, 2.75) is 32.5 Å². The summed E-state index contributed by atoms with van der Waals surface area (Å²) < 4.78 is 46.0. The summed E-state index contributed by atoms with van der Waals surface area (Å²) >= 11 is 0. The van der Waals surface area contributed by atoms with E-state index in [0.29, 0.717) is 32.7 Å². The van der Waals surface area contributed by atoms with Gasteiger partial charge in [0, 0.05) is 44.8 Å². The van der Waals surface area contributed by atoms with Gasteiger partial charge in [-0.05, 0) is 36.8 Å². The second kappa shape index (κ2) is 12.3. The highest BCUT2D eigenvalue weighted by atomic mass is 19.4. The molecule has 0 aliphatic rings. The first-order chi connectivity index (χ1) is 15.7. The minimum Gasteiger partial charge on any atom is -0.383 e. The second-order valence-corrected chi connectivity index (χ2v) is 7.70. The largest absolute Gasteiger partial charge is 0.416 e. The Morgan fingerprint density at radius 1 is 1.12 bits per heavy atom. The average Bonchev–Trinajstić information content (AvgIpc) is 3.17. The van der Waals surface area contributed by atoms with Crippen molar-refractivity contribution in [3.8, 4) is 0 Å². The molecule has 10 heteroatoms. The number of benzene rings is 1. The van der Waals surface area contributed by atoms with Gasteiger partial charge < -0.3 is 24.4 Å². The summed E-state index contributed by atoms with van der Waals surface area (Å²) in [4.78, 5) is 28.9. The Labute approximate surface area is 192 Å². The zero-order valence-electron chi connectivity index (χ0n) is 19.2. The molecule has 0 aliphatic heterocycles. The first kappa shape index (κ1) is 26.2. The number of aryl methyl sites for hydroxylation is 1. The molecule has 1 N–H and O–H groups in total. The number of alkyl halides is 3. The predicted molar refractivity (Wildman–Crippen MR) is 120 cm³/mol. The van der Waals surface area contributed by atoms with E-state index in [9.17, 15) is 22.8 Å². The quantitative estimate of drug-likeness (QED) is 0.533. The van der Waals surface area contributed by atoms with E-state index in [0.717, 1.165) is 24.2 Å². The molecule has 0 spiro atoms. The van der Waals surface area contributed by atoms with Crippen LogP contribution in [0.2, 0.25) is 0 Å². The lowest BCUT2D eigenvalue weighted by Gasteiger charge is -2.28. The summed E-state index contributed by atoms with van der Waals surface area (Å²) in [7, 11) is 3.42. The van der Waals surface area contributed by atoms with Gasteiger partial charge in [-0.2, -0.15) is 13.2 Å². The molecule has 0 atom stereocenters. The summed E-state index contributed by atoms with van der Waals surface area (Å²) in [6.07, 6.45) is -1.20. The fourth-order valence-electron chi connectivity index (χ4n) is 3.19. The van der Waals surface area contributed by atoms with E-state index in [1.807, 2.05) is 36.9 Å². The van der Waals surface area contributed by atoms with Crippen LogP contribution in [0.1, 0.15) is 31.0 Å². The fraction of sp³-hybridized carbons (Fsp3) is 0.478. The zero-order valence-corrected chi connectivity index (χ0v) is 19.2. The molecule has 33 heavy (non-hydrogen) atoms. The molecule has 0 saturated heterocycles. The summed E-state index contributed by atoms with van der Waals surface area (Å²) in [6.45, 7) is 3.08. The van der Waals surface area contributed by atoms with Crippen LogP contribution in [0.25, 0.3) is 0 Å². The topological polar surface area (TPSA) is 66.8 Å². The first-order valence-electron chi connectivity index (χ1n) is 10.8. The number of halogens is 3. The van der Waals surface area contributed by atoms with Crippen LogP contribution in [0.3, 0.4) is 0 Å². The SMILES string of the molecule is CCCCN(CC(=O)N(CCOC)Cc1cccn1C)C(=O)Nc1cccc(C(F)(F)F)c1. The number of anilines is 1. The average molecular weight is 469 g/mol. The number of hydrogen-bond donors (Lipinski definition) is 1. The number of nitrogens with zero attached hydrogens (tertiary/aromatic N) is 3. The number of hydrogen-bond acceptors (Lipinski definition) is 3. The lowest BCUT2D eigenvalue weighted by atomic mass is 10.2. The maximum Gasteiger partial charge on any atom is 0.416 e. The van der Waals surface area contributed by atoms with E-state index in [1.54, 1.807) is 12.0 Å². The van der Waals surface area contributed by atoms with Crippen LogP contribution in [0.4, 0.5) is 23.7 Å². The molecule has 2 aromatic rings. The minimum atomic E-state index is -4.52. The number of urea groups is 1. The highest BCUT2D eigenvalue weighted by molar-refractivity contribution is 5.92. The van der Waals surface area contributed by atoms with Gasteiger partial charge in [0.1, 0.15) is 6.54 Å². The van der Waals surface area contributed by atoms with Crippen LogP contribution in [-0.4, -0.2) is 59.7 Å². The Kier molecular flexibility index (Phi) is 9.77. The Morgan fingerprint density at radius 2 is 1.88 bits per heavy atom. The lowest BCUT2D eigenvalue weighted by molar-refractivity contribution is -0.137. The van der Waals surface area contributed by atoms with E-state index in [1.165, 1.54) is 17.0 Å². The summed E-state index contributed by atoms with van der Waals surface area (Å²) in [6, 6.07) is 7.58. The van der Waals surface area contributed by atoms with Crippen LogP contribution < -0.4 is 5.32 Å². The van der Waals surface area contributed by atoms with Crippen LogP contribution in [-0.2, 0) is 29.3 Å². The smallest absolute Gasteiger partial charge is 0.383 e. The van der Waals surface area contributed by atoms with Crippen molar-refractivity contribution in [1.29, 1.82) is 0 Å². The number of carbonyl (C=O) groups excluding carboxylic acids is 2. The highest BCUT2D eigenvalue weighted by Crippen LogP contribution is 2.30. The van der Waals surface area contributed by atoms with Crippen molar-refractivity contribution in [2.75, 3.05) is 38.7 Å². The summed E-state index contributed by atoms with van der Waals surface area (Å²) in [5.41, 5.74) is 0.0848. The predicted octanol–water partition coefficient (Wildman–Crippen LogP) is 4.35. The zero-order chi connectivity index (χ0) is 24.4. The Hall–Kier alpha value is -3.01. The number of ether oxygens (including phenoxy) is 1. The number of methoxy groups -OCH3 is 1. The Balaban J connectivity index is 2.14. The van der Waals surface area contributed by atoms with Gasteiger partial charge in [0.2, 0.25) is 5.91 Å². The van der Waals surface area contributed by atoms with Gasteiger partial charge >= 0.3 is 12.2 Å². The highest BCUT2D eigenvalue weighted by Gasteiger charge is 2.30.